The lowest BCUT2D eigenvalue weighted by molar-refractivity contribution is -0.139. The molecule has 0 aromatic heterocycles. The number of nitrogens with one attached hydrogen (secondary N) is 1. The zero-order valence-electron chi connectivity index (χ0n) is 19.0. The molecule has 8 nitrogen and oxygen atoms in total. The maximum Gasteiger partial charge on any atom is 0.244 e. The van der Waals surface area contributed by atoms with Crippen molar-refractivity contribution in [3.63, 3.8) is 0 Å². The zero-order valence-corrected chi connectivity index (χ0v) is 21.4. The molecule has 1 N–H and O–H groups in total. The minimum Gasteiger partial charge on any atom is -0.355 e. The number of rotatable bonds is 10. The summed E-state index contributed by atoms with van der Waals surface area (Å²) in [6, 6.07) is 12.6. The van der Waals surface area contributed by atoms with Crippen LogP contribution in [-0.2, 0) is 26.2 Å². The Morgan fingerprint density at radius 2 is 1.76 bits per heavy atom. The van der Waals surface area contributed by atoms with E-state index in [-0.39, 0.29) is 23.9 Å². The number of likely N-dealkylation sites (N-methyl/N-ethyl adjacent to an activating group) is 1. The second-order valence-corrected chi connectivity index (χ2v) is 10.4. The summed E-state index contributed by atoms with van der Waals surface area (Å²) in [4.78, 5) is 39.0. The smallest absolute Gasteiger partial charge is 0.244 e. The van der Waals surface area contributed by atoms with Crippen LogP contribution in [-0.4, -0.2) is 56.3 Å². The molecule has 178 valence electrons. The summed E-state index contributed by atoms with van der Waals surface area (Å²) in [6.45, 7) is 4.75. The molecule has 2 rings (SSSR count). The van der Waals surface area contributed by atoms with Gasteiger partial charge in [-0.05, 0) is 50.6 Å². The summed E-state index contributed by atoms with van der Waals surface area (Å²) < 4.78 is 26.9. The number of nitrogens with zero attached hydrogens (tertiary/aromatic N) is 2. The van der Waals surface area contributed by atoms with E-state index >= 15 is 0 Å². The van der Waals surface area contributed by atoms with Crippen LogP contribution >= 0.6 is 15.9 Å². The summed E-state index contributed by atoms with van der Waals surface area (Å²) in [5, 5.41) is 2.70. The predicted octanol–water partition coefficient (Wildman–Crippen LogP) is 2.97. The van der Waals surface area contributed by atoms with E-state index in [4.69, 9.17) is 0 Å². The van der Waals surface area contributed by atoms with Crippen LogP contribution in [0.1, 0.15) is 36.7 Å². The maximum atomic E-state index is 13.4. The Hall–Kier alpha value is -2.72. The Kier molecular flexibility index (Phi) is 9.18. The maximum absolute atomic E-state index is 13.4. The van der Waals surface area contributed by atoms with Crippen LogP contribution < -0.4 is 9.62 Å². The Bertz CT molecular complexity index is 1140. The summed E-state index contributed by atoms with van der Waals surface area (Å²) in [6.07, 6.45) is 0.993. The van der Waals surface area contributed by atoms with Gasteiger partial charge in [-0.3, -0.25) is 18.7 Å². The topological polar surface area (TPSA) is 104 Å². The molecule has 0 aliphatic carbocycles. The van der Waals surface area contributed by atoms with Gasteiger partial charge in [0, 0.05) is 23.1 Å². The minimum absolute atomic E-state index is 0.113. The molecular formula is C23H28BrN3O5S. The van der Waals surface area contributed by atoms with Crippen molar-refractivity contribution in [3.8, 4) is 0 Å². The zero-order chi connectivity index (χ0) is 24.8. The Labute approximate surface area is 203 Å². The first-order valence-electron chi connectivity index (χ1n) is 10.3. The Balaban J connectivity index is 2.42. The third-order valence-corrected chi connectivity index (χ3v) is 6.61. The van der Waals surface area contributed by atoms with E-state index < -0.39 is 28.5 Å². The number of halogens is 1. The average molecular weight is 538 g/mol. The van der Waals surface area contributed by atoms with Crippen LogP contribution in [0.15, 0.2) is 53.0 Å². The number of amides is 2. The summed E-state index contributed by atoms with van der Waals surface area (Å²) in [5.41, 5.74) is 1.31. The van der Waals surface area contributed by atoms with E-state index in [1.54, 1.807) is 26.0 Å². The molecule has 0 bridgehead atoms. The van der Waals surface area contributed by atoms with Crippen molar-refractivity contribution in [2.75, 3.05) is 23.7 Å². The molecule has 0 aliphatic heterocycles. The molecular weight excluding hydrogens is 510 g/mol. The molecule has 0 fully saturated rings. The van der Waals surface area contributed by atoms with Crippen LogP contribution in [0, 0.1) is 0 Å². The van der Waals surface area contributed by atoms with Gasteiger partial charge < -0.3 is 10.2 Å². The fourth-order valence-corrected chi connectivity index (χ4v) is 4.52. The molecule has 1 atom stereocenters. The van der Waals surface area contributed by atoms with Gasteiger partial charge in [0.15, 0.2) is 5.78 Å². The van der Waals surface area contributed by atoms with Gasteiger partial charge in [-0.15, -0.1) is 0 Å². The highest BCUT2D eigenvalue weighted by molar-refractivity contribution is 9.10. The normalized spacial score (nSPS) is 12.0. The molecule has 0 heterocycles. The Morgan fingerprint density at radius 3 is 2.33 bits per heavy atom. The lowest BCUT2D eigenvalue weighted by Gasteiger charge is -2.31. The number of sulfonamides is 1. The van der Waals surface area contributed by atoms with E-state index in [1.165, 1.54) is 24.0 Å². The molecule has 10 heteroatoms. The molecule has 33 heavy (non-hydrogen) atoms. The van der Waals surface area contributed by atoms with Gasteiger partial charge in [0.1, 0.15) is 12.6 Å². The van der Waals surface area contributed by atoms with E-state index in [2.05, 4.69) is 21.2 Å². The standard InChI is InChI=1S/C23H28BrN3O5S/c1-5-25-23(30)16(2)26(14-18-8-6-10-20(24)12-18)22(29)15-27(33(4,31)32)21-11-7-9-19(13-21)17(3)28/h6-13,16H,5,14-15H2,1-4H3,(H,25,30)/t16-/m1/s1. The number of Topliss-reactive ketones (excluding diaryl/α,β-unsaturated/α-hetero) is 1. The molecule has 0 radical (unpaired) electrons. The molecule has 2 aromatic carbocycles. The third-order valence-electron chi connectivity index (χ3n) is 4.98. The van der Waals surface area contributed by atoms with Gasteiger partial charge in [0.2, 0.25) is 21.8 Å². The summed E-state index contributed by atoms with van der Waals surface area (Å²) in [7, 11) is -3.86. The van der Waals surface area contributed by atoms with Crippen molar-refractivity contribution >= 4 is 49.2 Å². The quantitative estimate of drug-likeness (QED) is 0.469. The van der Waals surface area contributed by atoms with E-state index in [0.29, 0.717) is 12.1 Å². The van der Waals surface area contributed by atoms with Crippen molar-refractivity contribution in [1.82, 2.24) is 10.2 Å². The van der Waals surface area contributed by atoms with E-state index in [1.807, 2.05) is 24.3 Å². The van der Waals surface area contributed by atoms with Crippen LogP contribution in [0.3, 0.4) is 0 Å². The Morgan fingerprint density at radius 1 is 1.09 bits per heavy atom. The van der Waals surface area contributed by atoms with Crippen LogP contribution in [0.4, 0.5) is 5.69 Å². The number of hydrogen-bond acceptors (Lipinski definition) is 5. The highest BCUT2D eigenvalue weighted by Gasteiger charge is 2.30. The lowest BCUT2D eigenvalue weighted by atomic mass is 10.1. The second kappa shape index (κ2) is 11.4. The minimum atomic E-state index is -3.86. The van der Waals surface area contributed by atoms with Crippen molar-refractivity contribution in [2.24, 2.45) is 0 Å². The van der Waals surface area contributed by atoms with Gasteiger partial charge in [-0.2, -0.15) is 0 Å². The van der Waals surface area contributed by atoms with E-state index in [9.17, 15) is 22.8 Å². The fourth-order valence-electron chi connectivity index (χ4n) is 3.23. The van der Waals surface area contributed by atoms with Crippen molar-refractivity contribution in [2.45, 2.75) is 33.4 Å². The number of hydrogen-bond donors (Lipinski definition) is 1. The van der Waals surface area contributed by atoms with Crippen molar-refractivity contribution in [3.05, 3.63) is 64.1 Å². The molecule has 0 unspecified atom stereocenters. The van der Waals surface area contributed by atoms with Gasteiger partial charge in [0.05, 0.1) is 11.9 Å². The molecule has 0 saturated heterocycles. The largest absolute Gasteiger partial charge is 0.355 e. The predicted molar refractivity (Wildman–Crippen MR) is 131 cm³/mol. The molecule has 0 saturated carbocycles. The fraction of sp³-hybridized carbons (Fsp3) is 0.348. The molecule has 0 aliphatic rings. The monoisotopic (exact) mass is 537 g/mol. The highest BCUT2D eigenvalue weighted by Crippen LogP contribution is 2.21. The van der Waals surface area contributed by atoms with E-state index in [0.717, 1.165) is 20.6 Å². The first-order chi connectivity index (χ1) is 15.4. The van der Waals surface area contributed by atoms with Gasteiger partial charge >= 0.3 is 0 Å². The number of carbonyl (C=O) groups excluding carboxylic acids is 3. The second-order valence-electron chi connectivity index (χ2n) is 7.60. The molecule has 2 aromatic rings. The first-order valence-corrected chi connectivity index (χ1v) is 13.0. The molecule has 0 spiro atoms. The van der Waals surface area contributed by atoms with Crippen molar-refractivity contribution < 1.29 is 22.8 Å². The number of benzene rings is 2. The number of carbonyl (C=O) groups is 3. The third kappa shape index (κ3) is 7.40. The van der Waals surface area contributed by atoms with Crippen molar-refractivity contribution in [1.29, 1.82) is 0 Å². The summed E-state index contributed by atoms with van der Waals surface area (Å²) >= 11 is 3.40. The summed E-state index contributed by atoms with van der Waals surface area (Å²) in [5.74, 6) is -1.12. The number of anilines is 1. The lowest BCUT2D eigenvalue weighted by Crippen LogP contribution is -2.51. The molecule has 2 amide bonds. The van der Waals surface area contributed by atoms with Gasteiger partial charge in [0.25, 0.3) is 0 Å². The van der Waals surface area contributed by atoms with Gasteiger partial charge in [-0.1, -0.05) is 40.2 Å². The van der Waals surface area contributed by atoms with Crippen LogP contribution in [0.5, 0.6) is 0 Å². The van der Waals surface area contributed by atoms with Crippen LogP contribution in [0.25, 0.3) is 0 Å². The number of ketones is 1. The highest BCUT2D eigenvalue weighted by atomic mass is 79.9. The SMILES string of the molecule is CCNC(=O)[C@@H](C)N(Cc1cccc(Br)c1)C(=O)CN(c1cccc(C(C)=O)c1)S(C)(=O)=O. The van der Waals surface area contributed by atoms with Gasteiger partial charge in [-0.25, -0.2) is 8.42 Å². The first kappa shape index (κ1) is 26.5. The van der Waals surface area contributed by atoms with Crippen LogP contribution in [0.2, 0.25) is 0 Å². The average Bonchev–Trinajstić information content (AvgIpc) is 2.74.